The molecule has 33 heavy (non-hydrogen) atoms. The Balaban J connectivity index is 1.48. The zero-order valence-electron chi connectivity index (χ0n) is 18.8. The quantitative estimate of drug-likeness (QED) is 0.350. The van der Waals surface area contributed by atoms with E-state index in [-0.39, 0.29) is 12.3 Å². The fourth-order valence-electron chi connectivity index (χ4n) is 4.31. The molecule has 3 aromatic rings. The lowest BCUT2D eigenvalue weighted by molar-refractivity contribution is -0.0191. The van der Waals surface area contributed by atoms with Crippen molar-refractivity contribution in [3.63, 3.8) is 0 Å². The predicted molar refractivity (Wildman–Crippen MR) is 133 cm³/mol. The number of ether oxygens (including phenoxy) is 3. The Kier molecular flexibility index (Phi) is 6.27. The van der Waals surface area contributed by atoms with Crippen LogP contribution in [0.25, 0.3) is 0 Å². The van der Waals surface area contributed by atoms with Crippen LogP contribution in [0.1, 0.15) is 55.6 Å². The zero-order valence-corrected chi connectivity index (χ0v) is 20.4. The van der Waals surface area contributed by atoms with Crippen molar-refractivity contribution in [1.82, 2.24) is 5.01 Å². The van der Waals surface area contributed by atoms with Gasteiger partial charge >= 0.3 is 0 Å². The standard InChI is InChI=1S/C27H27BrN2O3/c1-3-15-32-22-12-7-19(8-13-22)27-30-25(23-16-20(28)9-14-26(23)33-27)17-24(29-30)18-5-10-21(11-6-18)31-4-2/h5-14,16,25,27H,3-4,15,17H2,1-2H3/t25-,27-/m1/s1. The topological polar surface area (TPSA) is 43.3 Å². The lowest BCUT2D eigenvalue weighted by Gasteiger charge is -2.38. The van der Waals surface area contributed by atoms with Gasteiger partial charge in [0.1, 0.15) is 17.2 Å². The van der Waals surface area contributed by atoms with E-state index in [0.717, 1.165) is 57.0 Å². The maximum Gasteiger partial charge on any atom is 0.213 e. The molecule has 2 atom stereocenters. The lowest BCUT2D eigenvalue weighted by atomic mass is 9.96. The zero-order chi connectivity index (χ0) is 22.8. The van der Waals surface area contributed by atoms with Gasteiger partial charge in [0.2, 0.25) is 6.23 Å². The first-order valence-corrected chi connectivity index (χ1v) is 12.2. The predicted octanol–water partition coefficient (Wildman–Crippen LogP) is 6.88. The summed E-state index contributed by atoms with van der Waals surface area (Å²) in [6, 6.07) is 22.6. The van der Waals surface area contributed by atoms with Gasteiger partial charge < -0.3 is 14.2 Å². The molecule has 0 radical (unpaired) electrons. The van der Waals surface area contributed by atoms with E-state index in [9.17, 15) is 0 Å². The molecular weight excluding hydrogens is 480 g/mol. The molecule has 0 N–H and O–H groups in total. The number of rotatable bonds is 7. The molecule has 0 bridgehead atoms. The second-order valence-corrected chi connectivity index (χ2v) is 9.09. The summed E-state index contributed by atoms with van der Waals surface area (Å²) in [5, 5.41) is 7.15. The summed E-state index contributed by atoms with van der Waals surface area (Å²) in [6.07, 6.45) is 1.50. The molecule has 170 valence electrons. The van der Waals surface area contributed by atoms with Gasteiger partial charge in [-0.1, -0.05) is 22.9 Å². The molecule has 0 fully saturated rings. The summed E-state index contributed by atoms with van der Waals surface area (Å²) in [5.41, 5.74) is 4.35. The van der Waals surface area contributed by atoms with Crippen LogP contribution >= 0.6 is 15.9 Å². The van der Waals surface area contributed by atoms with Gasteiger partial charge in [0.25, 0.3) is 0 Å². The van der Waals surface area contributed by atoms with Crippen LogP contribution in [0.3, 0.4) is 0 Å². The van der Waals surface area contributed by atoms with Gasteiger partial charge in [-0.05, 0) is 85.6 Å². The van der Waals surface area contributed by atoms with Crippen LogP contribution in [-0.2, 0) is 0 Å². The highest BCUT2D eigenvalue weighted by atomic mass is 79.9. The molecule has 2 aliphatic rings. The van der Waals surface area contributed by atoms with E-state index >= 15 is 0 Å². The first-order valence-electron chi connectivity index (χ1n) is 11.4. The third kappa shape index (κ3) is 4.44. The molecule has 0 saturated carbocycles. The summed E-state index contributed by atoms with van der Waals surface area (Å²) in [4.78, 5) is 0. The molecule has 0 aromatic heterocycles. The van der Waals surface area contributed by atoms with E-state index in [0.29, 0.717) is 13.2 Å². The molecule has 0 saturated heterocycles. The lowest BCUT2D eigenvalue weighted by Crippen LogP contribution is -2.33. The minimum atomic E-state index is -0.302. The van der Waals surface area contributed by atoms with Crippen molar-refractivity contribution in [2.24, 2.45) is 5.10 Å². The number of benzene rings is 3. The van der Waals surface area contributed by atoms with Gasteiger partial charge in [-0.2, -0.15) is 5.10 Å². The van der Waals surface area contributed by atoms with E-state index in [1.807, 2.05) is 43.3 Å². The summed E-state index contributed by atoms with van der Waals surface area (Å²) in [7, 11) is 0. The molecular formula is C27H27BrN2O3. The molecule has 0 aliphatic carbocycles. The van der Waals surface area contributed by atoms with Crippen LogP contribution in [0.2, 0.25) is 0 Å². The summed E-state index contributed by atoms with van der Waals surface area (Å²) >= 11 is 3.62. The van der Waals surface area contributed by atoms with Gasteiger partial charge in [0, 0.05) is 22.0 Å². The molecule has 5 nitrogen and oxygen atoms in total. The van der Waals surface area contributed by atoms with Gasteiger partial charge in [0.15, 0.2) is 0 Å². The molecule has 2 aliphatic heterocycles. The number of nitrogens with zero attached hydrogens (tertiary/aromatic N) is 2. The first kappa shape index (κ1) is 21.8. The molecule has 5 rings (SSSR count). The SMILES string of the molecule is CCCOc1ccc([C@H]2Oc3ccc(Br)cc3[C@H]3CC(c4ccc(OCC)cc4)=NN32)cc1. The Morgan fingerprint density at radius 2 is 1.70 bits per heavy atom. The van der Waals surface area contributed by atoms with Crippen molar-refractivity contribution < 1.29 is 14.2 Å². The second kappa shape index (κ2) is 9.48. The fraction of sp³-hybridized carbons (Fsp3) is 0.296. The maximum atomic E-state index is 6.48. The van der Waals surface area contributed by atoms with Crippen molar-refractivity contribution in [3.8, 4) is 17.2 Å². The fourth-order valence-corrected chi connectivity index (χ4v) is 4.69. The second-order valence-electron chi connectivity index (χ2n) is 8.17. The number of hydrogen-bond acceptors (Lipinski definition) is 5. The van der Waals surface area contributed by atoms with Crippen molar-refractivity contribution >= 4 is 21.6 Å². The Bertz CT molecular complexity index is 1150. The van der Waals surface area contributed by atoms with E-state index in [1.165, 1.54) is 0 Å². The Morgan fingerprint density at radius 1 is 0.970 bits per heavy atom. The molecule has 3 aromatic carbocycles. The Morgan fingerprint density at radius 3 is 2.42 bits per heavy atom. The molecule has 0 unspecified atom stereocenters. The smallest absolute Gasteiger partial charge is 0.213 e. The maximum absolute atomic E-state index is 6.48. The summed E-state index contributed by atoms with van der Waals surface area (Å²) in [6.45, 7) is 5.47. The van der Waals surface area contributed by atoms with E-state index in [1.54, 1.807) is 0 Å². The van der Waals surface area contributed by atoms with E-state index < -0.39 is 0 Å². The summed E-state index contributed by atoms with van der Waals surface area (Å²) in [5.74, 6) is 2.65. The highest BCUT2D eigenvalue weighted by Crippen LogP contribution is 2.48. The van der Waals surface area contributed by atoms with Crippen LogP contribution in [0.5, 0.6) is 17.2 Å². The number of hydrogen-bond donors (Lipinski definition) is 0. The number of fused-ring (bicyclic) bond motifs is 3. The van der Waals surface area contributed by atoms with Crippen LogP contribution in [0, 0.1) is 0 Å². The molecule has 0 amide bonds. The Hall–Kier alpha value is -2.99. The van der Waals surface area contributed by atoms with Crippen LogP contribution in [-0.4, -0.2) is 23.9 Å². The third-order valence-electron chi connectivity index (χ3n) is 5.89. The summed E-state index contributed by atoms with van der Waals surface area (Å²) < 4.78 is 18.9. The van der Waals surface area contributed by atoms with Gasteiger partial charge in [-0.3, -0.25) is 0 Å². The largest absolute Gasteiger partial charge is 0.494 e. The average molecular weight is 507 g/mol. The minimum Gasteiger partial charge on any atom is -0.494 e. The molecule has 2 heterocycles. The van der Waals surface area contributed by atoms with Gasteiger partial charge in [-0.25, -0.2) is 5.01 Å². The number of hydrazone groups is 1. The average Bonchev–Trinajstić information content (AvgIpc) is 3.29. The number of halogens is 1. The normalized spacial score (nSPS) is 18.8. The molecule has 6 heteroatoms. The molecule has 0 spiro atoms. The van der Waals surface area contributed by atoms with Crippen LogP contribution < -0.4 is 14.2 Å². The van der Waals surface area contributed by atoms with E-state index in [2.05, 4.69) is 58.2 Å². The minimum absolute atomic E-state index is 0.105. The van der Waals surface area contributed by atoms with E-state index in [4.69, 9.17) is 19.3 Å². The highest BCUT2D eigenvalue weighted by Gasteiger charge is 2.41. The van der Waals surface area contributed by atoms with Crippen molar-refractivity contribution in [2.45, 2.75) is 39.0 Å². The van der Waals surface area contributed by atoms with Crippen molar-refractivity contribution in [3.05, 3.63) is 87.9 Å². The van der Waals surface area contributed by atoms with Crippen molar-refractivity contribution in [2.75, 3.05) is 13.2 Å². The first-order chi connectivity index (χ1) is 16.2. The van der Waals surface area contributed by atoms with Crippen molar-refractivity contribution in [1.29, 1.82) is 0 Å². The highest BCUT2D eigenvalue weighted by molar-refractivity contribution is 9.10. The van der Waals surface area contributed by atoms with Crippen LogP contribution in [0.15, 0.2) is 76.3 Å². The van der Waals surface area contributed by atoms with Gasteiger partial charge in [-0.15, -0.1) is 0 Å². The van der Waals surface area contributed by atoms with Crippen LogP contribution in [0.4, 0.5) is 0 Å². The monoisotopic (exact) mass is 506 g/mol. The van der Waals surface area contributed by atoms with Gasteiger partial charge in [0.05, 0.1) is 25.0 Å². The Labute approximate surface area is 203 Å². The third-order valence-corrected chi connectivity index (χ3v) is 6.38.